The average molecular weight is 285 g/mol. The van der Waals surface area contributed by atoms with Gasteiger partial charge < -0.3 is 10.5 Å². The van der Waals surface area contributed by atoms with Gasteiger partial charge in [-0.15, -0.1) is 0 Å². The van der Waals surface area contributed by atoms with Crippen molar-refractivity contribution in [1.82, 2.24) is 4.98 Å². The van der Waals surface area contributed by atoms with Crippen LogP contribution in [0.2, 0.25) is 0 Å². The maximum atomic E-state index is 10.6. The molecule has 2 rings (SSSR count). The number of carbonyl (C=O) groups excluding carboxylic acids is 1. The molecule has 0 spiro atoms. The number of pyridine rings is 1. The fraction of sp³-hybridized carbons (Fsp3) is 0.455. The molecule has 1 aliphatic carbocycles. The summed E-state index contributed by atoms with van der Waals surface area (Å²) in [6, 6.07) is 0. The maximum Gasteiger partial charge on any atom is 0.404 e. The molecule has 0 aromatic carbocycles. The first kappa shape index (κ1) is 11.4. The molecule has 0 radical (unpaired) electrons. The smallest absolute Gasteiger partial charge is 0.404 e. The number of rotatable bonds is 2. The molecule has 1 amide bonds. The molecular weight excluding hydrogens is 272 g/mol. The number of ether oxygens (including phenoxy) is 1. The molecule has 0 bridgehead atoms. The SMILES string of the molecule is NC(=O)OCC1CCCc2c(Br)cncc21. The fourth-order valence-electron chi connectivity index (χ4n) is 2.13. The van der Waals surface area contributed by atoms with E-state index in [0.29, 0.717) is 6.61 Å². The number of nitrogens with two attached hydrogens (primary N) is 1. The number of hydrogen-bond acceptors (Lipinski definition) is 3. The highest BCUT2D eigenvalue weighted by Gasteiger charge is 2.23. The zero-order valence-corrected chi connectivity index (χ0v) is 10.4. The van der Waals surface area contributed by atoms with Gasteiger partial charge in [0.05, 0.1) is 0 Å². The Morgan fingerprint density at radius 1 is 1.62 bits per heavy atom. The second-order valence-corrected chi connectivity index (χ2v) is 4.76. The molecule has 4 nitrogen and oxygen atoms in total. The maximum absolute atomic E-state index is 10.6. The average Bonchev–Trinajstić information content (AvgIpc) is 2.27. The van der Waals surface area contributed by atoms with Gasteiger partial charge in [-0.3, -0.25) is 4.98 Å². The third-order valence-electron chi connectivity index (χ3n) is 2.88. The van der Waals surface area contributed by atoms with E-state index in [1.54, 1.807) is 6.20 Å². The lowest BCUT2D eigenvalue weighted by Gasteiger charge is -2.25. The Balaban J connectivity index is 2.19. The van der Waals surface area contributed by atoms with Gasteiger partial charge in [0.25, 0.3) is 0 Å². The molecule has 0 saturated heterocycles. The Kier molecular flexibility index (Phi) is 3.43. The van der Waals surface area contributed by atoms with Gasteiger partial charge in [-0.1, -0.05) is 0 Å². The van der Waals surface area contributed by atoms with Crippen LogP contribution in [-0.2, 0) is 11.2 Å². The van der Waals surface area contributed by atoms with Crippen molar-refractivity contribution in [2.24, 2.45) is 5.73 Å². The molecular formula is C11H13BrN2O2. The Bertz CT molecular complexity index is 409. The van der Waals surface area contributed by atoms with Crippen molar-refractivity contribution in [1.29, 1.82) is 0 Å². The molecule has 16 heavy (non-hydrogen) atoms. The zero-order chi connectivity index (χ0) is 11.5. The minimum atomic E-state index is -0.713. The van der Waals surface area contributed by atoms with Crippen molar-refractivity contribution in [3.63, 3.8) is 0 Å². The highest BCUT2D eigenvalue weighted by Crippen LogP contribution is 2.34. The lowest BCUT2D eigenvalue weighted by atomic mass is 9.84. The molecule has 1 aromatic heterocycles. The standard InChI is InChI=1S/C11H13BrN2O2/c12-10-5-14-4-9-7(6-16-11(13)15)2-1-3-8(9)10/h4-5,7H,1-3,6H2,(H2,13,15). The summed E-state index contributed by atoms with van der Waals surface area (Å²) in [4.78, 5) is 14.8. The molecule has 5 heteroatoms. The first-order chi connectivity index (χ1) is 7.68. The first-order valence-electron chi connectivity index (χ1n) is 5.23. The summed E-state index contributed by atoms with van der Waals surface area (Å²) in [5, 5.41) is 0. The van der Waals surface area contributed by atoms with E-state index >= 15 is 0 Å². The summed E-state index contributed by atoms with van der Waals surface area (Å²) < 4.78 is 5.91. The van der Waals surface area contributed by atoms with Crippen LogP contribution in [0.1, 0.15) is 29.9 Å². The van der Waals surface area contributed by atoms with Crippen LogP contribution in [0.25, 0.3) is 0 Å². The van der Waals surface area contributed by atoms with E-state index in [0.717, 1.165) is 23.7 Å². The lowest BCUT2D eigenvalue weighted by molar-refractivity contribution is 0.146. The number of halogens is 1. The highest BCUT2D eigenvalue weighted by atomic mass is 79.9. The van der Waals surface area contributed by atoms with Crippen LogP contribution in [-0.4, -0.2) is 17.7 Å². The minimum Gasteiger partial charge on any atom is -0.449 e. The van der Waals surface area contributed by atoms with Crippen LogP contribution in [0.15, 0.2) is 16.9 Å². The summed E-state index contributed by atoms with van der Waals surface area (Å²) >= 11 is 3.49. The Morgan fingerprint density at radius 3 is 3.19 bits per heavy atom. The fourth-order valence-corrected chi connectivity index (χ4v) is 2.67. The van der Waals surface area contributed by atoms with Crippen molar-refractivity contribution >= 4 is 22.0 Å². The molecule has 2 N–H and O–H groups in total. The van der Waals surface area contributed by atoms with Gasteiger partial charge in [0.1, 0.15) is 6.61 Å². The third-order valence-corrected chi connectivity index (χ3v) is 3.57. The molecule has 1 aliphatic rings. The molecule has 0 saturated carbocycles. The van der Waals surface area contributed by atoms with Crippen molar-refractivity contribution in [3.8, 4) is 0 Å². The molecule has 86 valence electrons. The Labute approximate surface area is 102 Å². The second kappa shape index (κ2) is 4.82. The van der Waals surface area contributed by atoms with E-state index < -0.39 is 6.09 Å². The molecule has 1 unspecified atom stereocenters. The molecule has 0 fully saturated rings. The van der Waals surface area contributed by atoms with E-state index in [2.05, 4.69) is 20.9 Å². The Hall–Kier alpha value is -1.10. The van der Waals surface area contributed by atoms with E-state index in [-0.39, 0.29) is 5.92 Å². The van der Waals surface area contributed by atoms with Crippen molar-refractivity contribution in [2.45, 2.75) is 25.2 Å². The summed E-state index contributed by atoms with van der Waals surface area (Å²) in [7, 11) is 0. The van der Waals surface area contributed by atoms with Gasteiger partial charge >= 0.3 is 6.09 Å². The first-order valence-corrected chi connectivity index (χ1v) is 6.02. The summed E-state index contributed by atoms with van der Waals surface area (Å²) in [5.74, 6) is 0.223. The number of fused-ring (bicyclic) bond motifs is 1. The van der Waals surface area contributed by atoms with Crippen LogP contribution in [0.3, 0.4) is 0 Å². The van der Waals surface area contributed by atoms with Gasteiger partial charge in [-0.05, 0) is 46.3 Å². The van der Waals surface area contributed by atoms with Crippen molar-refractivity contribution in [3.05, 3.63) is 28.0 Å². The third kappa shape index (κ3) is 2.35. The van der Waals surface area contributed by atoms with Gasteiger partial charge in [0.2, 0.25) is 0 Å². The molecule has 0 aliphatic heterocycles. The van der Waals surface area contributed by atoms with Gasteiger partial charge in [-0.25, -0.2) is 4.79 Å². The van der Waals surface area contributed by atoms with Crippen molar-refractivity contribution < 1.29 is 9.53 Å². The van der Waals surface area contributed by atoms with Crippen LogP contribution in [0.5, 0.6) is 0 Å². The summed E-state index contributed by atoms with van der Waals surface area (Å²) in [6.45, 7) is 0.348. The number of amides is 1. The van der Waals surface area contributed by atoms with Crippen molar-refractivity contribution in [2.75, 3.05) is 6.61 Å². The predicted molar refractivity (Wildman–Crippen MR) is 63.2 cm³/mol. The number of aromatic nitrogens is 1. The molecule has 1 atom stereocenters. The minimum absolute atomic E-state index is 0.223. The molecule has 1 aromatic rings. The second-order valence-electron chi connectivity index (χ2n) is 3.91. The topological polar surface area (TPSA) is 65.2 Å². The number of primary amides is 1. The zero-order valence-electron chi connectivity index (χ0n) is 8.78. The largest absolute Gasteiger partial charge is 0.449 e. The van der Waals surface area contributed by atoms with E-state index in [1.807, 2.05) is 6.20 Å². The van der Waals surface area contributed by atoms with Gasteiger partial charge in [0.15, 0.2) is 0 Å². The summed E-state index contributed by atoms with van der Waals surface area (Å²) in [6.07, 6.45) is 6.10. The Morgan fingerprint density at radius 2 is 2.44 bits per heavy atom. The number of hydrogen-bond donors (Lipinski definition) is 1. The van der Waals surface area contributed by atoms with Gasteiger partial charge in [0, 0.05) is 22.8 Å². The van der Waals surface area contributed by atoms with E-state index in [9.17, 15) is 4.79 Å². The number of nitrogens with zero attached hydrogens (tertiary/aromatic N) is 1. The quantitative estimate of drug-likeness (QED) is 0.907. The van der Waals surface area contributed by atoms with E-state index in [4.69, 9.17) is 10.5 Å². The van der Waals surface area contributed by atoms with Crippen LogP contribution in [0, 0.1) is 0 Å². The van der Waals surface area contributed by atoms with Crippen LogP contribution >= 0.6 is 15.9 Å². The predicted octanol–water partition coefficient (Wildman–Crippen LogP) is 2.36. The number of carbonyl (C=O) groups is 1. The van der Waals surface area contributed by atoms with Crippen LogP contribution in [0.4, 0.5) is 4.79 Å². The normalized spacial score (nSPS) is 18.9. The molecule has 1 heterocycles. The van der Waals surface area contributed by atoms with E-state index in [1.165, 1.54) is 11.1 Å². The monoisotopic (exact) mass is 284 g/mol. The lowest BCUT2D eigenvalue weighted by Crippen LogP contribution is -2.21. The highest BCUT2D eigenvalue weighted by molar-refractivity contribution is 9.10. The summed E-state index contributed by atoms with van der Waals surface area (Å²) in [5.41, 5.74) is 7.42. The van der Waals surface area contributed by atoms with Gasteiger partial charge in [-0.2, -0.15) is 0 Å². The van der Waals surface area contributed by atoms with Crippen LogP contribution < -0.4 is 5.73 Å².